The molecule has 0 bridgehead atoms. The number of rotatable bonds is 7. The summed E-state index contributed by atoms with van der Waals surface area (Å²) in [7, 11) is 0. The molecule has 6 heterocycles. The van der Waals surface area contributed by atoms with Crippen LogP contribution in [0.2, 0.25) is 0 Å². The molecule has 59 heavy (non-hydrogen) atoms. The van der Waals surface area contributed by atoms with Crippen LogP contribution in [0.4, 0.5) is 0 Å². The van der Waals surface area contributed by atoms with Gasteiger partial charge in [0.25, 0.3) is 0 Å². The van der Waals surface area contributed by atoms with Crippen molar-refractivity contribution < 1.29 is 26.8 Å². The highest BCUT2D eigenvalue weighted by Gasteiger charge is 2.05. The lowest BCUT2D eigenvalue weighted by Crippen LogP contribution is -1.86. The molecule has 12 nitrogen and oxygen atoms in total. The zero-order chi connectivity index (χ0) is 46.6. The van der Waals surface area contributed by atoms with Crippen LogP contribution in [0.3, 0.4) is 0 Å². The minimum atomic E-state index is 0.407. The van der Waals surface area contributed by atoms with Crippen molar-refractivity contribution in [1.29, 1.82) is 0 Å². The van der Waals surface area contributed by atoms with Gasteiger partial charge in [0, 0.05) is 35.4 Å². The van der Waals surface area contributed by atoms with E-state index in [0.29, 0.717) is 35.5 Å². The van der Waals surface area contributed by atoms with E-state index in [0.717, 1.165) is 40.8 Å². The molecule has 0 saturated heterocycles. The monoisotopic (exact) mass is 831 g/mol. The summed E-state index contributed by atoms with van der Waals surface area (Å²) < 4.78 is 28.9. The molecule has 0 aliphatic carbocycles. The molecule has 6 aromatic rings. The SMILES string of the molecule is CC.CC.CC.CC.CC.CC(C)c1ccon1.CC(C)c1cnco1.CC(C)c1cnoc1.CC(C)c1cocn1.CC(C)c1ncco1.CCC(C)c1ccno1. The van der Waals surface area contributed by atoms with Crippen molar-refractivity contribution in [2.45, 2.75) is 194 Å². The normalized spacial score (nSPS) is 9.61. The van der Waals surface area contributed by atoms with Crippen LogP contribution in [0.25, 0.3) is 0 Å². The van der Waals surface area contributed by atoms with Gasteiger partial charge in [-0.2, -0.15) is 0 Å². The molecule has 12 heteroatoms. The Bertz CT molecular complexity index is 1260. The topological polar surface area (TPSA) is 156 Å². The van der Waals surface area contributed by atoms with Crippen molar-refractivity contribution in [2.24, 2.45) is 0 Å². The van der Waals surface area contributed by atoms with E-state index < -0.39 is 0 Å². The van der Waals surface area contributed by atoms with Gasteiger partial charge in [0.15, 0.2) is 18.7 Å². The Hall–Kier alpha value is -4.74. The maximum Gasteiger partial charge on any atom is 0.196 e. The van der Waals surface area contributed by atoms with Crippen LogP contribution in [-0.2, 0) is 0 Å². The van der Waals surface area contributed by atoms with E-state index in [-0.39, 0.29) is 0 Å². The van der Waals surface area contributed by atoms with Crippen molar-refractivity contribution in [3.63, 3.8) is 0 Å². The van der Waals surface area contributed by atoms with Gasteiger partial charge in [-0.05, 0) is 24.2 Å². The Labute approximate surface area is 359 Å². The van der Waals surface area contributed by atoms with E-state index in [1.165, 1.54) is 12.8 Å². The number of nitrogens with zero attached hydrogens (tertiary/aromatic N) is 6. The maximum absolute atomic E-state index is 4.98. The van der Waals surface area contributed by atoms with Crippen LogP contribution < -0.4 is 0 Å². The first-order valence-electron chi connectivity index (χ1n) is 21.7. The van der Waals surface area contributed by atoms with E-state index in [9.17, 15) is 0 Å². The van der Waals surface area contributed by atoms with Gasteiger partial charge >= 0.3 is 0 Å². The second-order valence-electron chi connectivity index (χ2n) is 12.6. The average molecular weight is 831 g/mol. The van der Waals surface area contributed by atoms with Gasteiger partial charge in [-0.15, -0.1) is 0 Å². The minimum absolute atomic E-state index is 0.407. The van der Waals surface area contributed by atoms with Crippen molar-refractivity contribution in [2.75, 3.05) is 0 Å². The summed E-state index contributed by atoms with van der Waals surface area (Å²) in [6.45, 7) is 45.0. The molecule has 0 saturated carbocycles. The first-order valence-corrected chi connectivity index (χ1v) is 21.7. The van der Waals surface area contributed by atoms with Gasteiger partial charge in [0.05, 0.1) is 36.2 Å². The molecule has 0 aliphatic heterocycles. The Morgan fingerprint density at radius 1 is 0.525 bits per heavy atom. The van der Waals surface area contributed by atoms with Crippen molar-refractivity contribution >= 4 is 0 Å². The lowest BCUT2D eigenvalue weighted by atomic mass is 10.1. The Kier molecular flexibility index (Phi) is 49.4. The number of oxazole rings is 3. The first kappa shape index (κ1) is 63.4. The van der Waals surface area contributed by atoms with E-state index in [4.69, 9.17) is 17.8 Å². The molecule has 1 atom stereocenters. The predicted molar refractivity (Wildman–Crippen MR) is 245 cm³/mol. The fourth-order valence-corrected chi connectivity index (χ4v) is 3.24. The summed E-state index contributed by atoms with van der Waals surface area (Å²) >= 11 is 0. The van der Waals surface area contributed by atoms with Gasteiger partial charge in [0.1, 0.15) is 36.6 Å². The number of hydrogen-bond donors (Lipinski definition) is 0. The standard InChI is InChI=1S/C7H11NO.5C6H9NO.5C2H6/c1-3-6(2)7-4-5-8-9-7;1-5(2)6-3-8-4-7-6;1-5(2)6-3-7-4-8-6;1-5(2)6-3-7-8-4-6;1-5(2)6-7-3-4-8-6;1-5(2)6-3-4-8-7-6;5*1-2/h4-6H,3H2,1-2H3;5*3-5H,1-2H3;5*1-2H3. The molecule has 0 radical (unpaired) electrons. The molecular formula is C47H86N6O6. The van der Waals surface area contributed by atoms with E-state index in [1.54, 1.807) is 49.8 Å². The second kappa shape index (κ2) is 46.0. The fourth-order valence-electron chi connectivity index (χ4n) is 3.24. The third-order valence-corrected chi connectivity index (χ3v) is 6.73. The van der Waals surface area contributed by atoms with Gasteiger partial charge in [-0.1, -0.05) is 168 Å². The molecule has 0 aliphatic rings. The first-order chi connectivity index (χ1) is 28.4. The van der Waals surface area contributed by atoms with Crippen LogP contribution in [-0.4, -0.2) is 30.4 Å². The molecule has 0 N–H and O–H groups in total. The molecular weight excluding hydrogens is 745 g/mol. The largest absolute Gasteiger partial charge is 0.451 e. The third-order valence-electron chi connectivity index (χ3n) is 6.73. The van der Waals surface area contributed by atoms with Crippen LogP contribution in [0, 0.1) is 0 Å². The van der Waals surface area contributed by atoms with Crippen LogP contribution in [0.5, 0.6) is 0 Å². The Morgan fingerprint density at radius 3 is 1.37 bits per heavy atom. The molecule has 6 aromatic heterocycles. The Morgan fingerprint density at radius 2 is 1.14 bits per heavy atom. The highest BCUT2D eigenvalue weighted by Crippen LogP contribution is 2.16. The third kappa shape index (κ3) is 35.0. The number of hydrogen-bond acceptors (Lipinski definition) is 12. The van der Waals surface area contributed by atoms with E-state index in [2.05, 4.69) is 109 Å². The summed E-state index contributed by atoms with van der Waals surface area (Å²) in [5, 5.41) is 10.9. The average Bonchev–Trinajstić information content (AvgIpc) is 4.13. The maximum atomic E-state index is 4.98. The van der Waals surface area contributed by atoms with Gasteiger partial charge in [-0.25, -0.2) is 15.0 Å². The second-order valence-corrected chi connectivity index (χ2v) is 12.6. The van der Waals surface area contributed by atoms with Crippen LogP contribution in [0.1, 0.15) is 229 Å². The van der Waals surface area contributed by atoms with E-state index >= 15 is 0 Å². The summed E-state index contributed by atoms with van der Waals surface area (Å²) in [6.07, 6.45) is 17.4. The Balaban J connectivity index is -0.000000189. The van der Waals surface area contributed by atoms with Gasteiger partial charge in [-0.3, -0.25) is 0 Å². The van der Waals surface area contributed by atoms with Crippen molar-refractivity contribution in [1.82, 2.24) is 30.4 Å². The van der Waals surface area contributed by atoms with Crippen molar-refractivity contribution in [3.05, 3.63) is 109 Å². The molecule has 6 rings (SSSR count). The molecule has 1 unspecified atom stereocenters. The molecule has 340 valence electrons. The summed E-state index contributed by atoms with van der Waals surface area (Å²) in [5.74, 6) is 5.60. The van der Waals surface area contributed by atoms with Gasteiger partial charge in [0.2, 0.25) is 0 Å². The summed E-state index contributed by atoms with van der Waals surface area (Å²) in [5.41, 5.74) is 3.19. The predicted octanol–water partition coefficient (Wildman–Crippen LogP) is 16.3. The summed E-state index contributed by atoms with van der Waals surface area (Å²) in [4.78, 5) is 11.7. The van der Waals surface area contributed by atoms with Crippen molar-refractivity contribution in [3.8, 4) is 0 Å². The molecule has 0 amide bonds. The highest BCUT2D eigenvalue weighted by molar-refractivity contribution is 5.05. The van der Waals surface area contributed by atoms with Gasteiger partial charge < -0.3 is 26.8 Å². The highest BCUT2D eigenvalue weighted by atomic mass is 16.5. The van der Waals surface area contributed by atoms with E-state index in [1.807, 2.05) is 95.2 Å². The van der Waals surface area contributed by atoms with Crippen LogP contribution in [0.15, 0.2) is 102 Å². The molecule has 0 aromatic carbocycles. The van der Waals surface area contributed by atoms with Crippen LogP contribution >= 0.6 is 0 Å². The minimum Gasteiger partial charge on any atom is -0.451 e. The summed E-state index contributed by atoms with van der Waals surface area (Å²) in [6, 6.07) is 3.79. The molecule has 0 spiro atoms. The lowest BCUT2D eigenvalue weighted by Gasteiger charge is -1.99. The zero-order valence-corrected chi connectivity index (χ0v) is 41.2. The smallest absolute Gasteiger partial charge is 0.196 e. The quantitative estimate of drug-likeness (QED) is 0.150. The molecule has 0 fully saturated rings. The fraction of sp³-hybridized carbons (Fsp3) is 0.617. The zero-order valence-electron chi connectivity index (χ0n) is 41.2. The lowest BCUT2D eigenvalue weighted by molar-refractivity contribution is 0.363. The number of aromatic nitrogens is 6.